The summed E-state index contributed by atoms with van der Waals surface area (Å²) in [6.07, 6.45) is 5.00. The number of hydrogen-bond donors (Lipinski definition) is 3. The fourth-order valence-electron chi connectivity index (χ4n) is 3.10. The SMILES string of the molecule is CN=C(NCCC(=O)NC1CCCC1)NCC(C)Oc1ccccc1OC.I. The van der Waals surface area contributed by atoms with E-state index in [1.54, 1.807) is 14.2 Å². The van der Waals surface area contributed by atoms with Gasteiger partial charge in [0, 0.05) is 26.1 Å². The Morgan fingerprint density at radius 3 is 2.54 bits per heavy atom. The average Bonchev–Trinajstić information content (AvgIpc) is 3.17. The van der Waals surface area contributed by atoms with E-state index >= 15 is 0 Å². The Morgan fingerprint density at radius 2 is 1.89 bits per heavy atom. The number of methoxy groups -OCH3 is 1. The topological polar surface area (TPSA) is 84.0 Å². The Kier molecular flexibility index (Phi) is 11.7. The molecule has 1 aromatic carbocycles. The highest BCUT2D eigenvalue weighted by Gasteiger charge is 2.16. The number of aliphatic imine (C=N–C) groups is 1. The molecular weight excluding hydrogens is 471 g/mol. The van der Waals surface area contributed by atoms with E-state index in [1.807, 2.05) is 31.2 Å². The van der Waals surface area contributed by atoms with E-state index in [0.717, 1.165) is 12.8 Å². The Morgan fingerprint density at radius 1 is 1.21 bits per heavy atom. The number of halogens is 1. The van der Waals surface area contributed by atoms with E-state index in [1.165, 1.54) is 12.8 Å². The van der Waals surface area contributed by atoms with Crippen LogP contribution in [0.2, 0.25) is 0 Å². The molecule has 1 fully saturated rings. The summed E-state index contributed by atoms with van der Waals surface area (Å²) in [5.74, 6) is 2.16. The van der Waals surface area contributed by atoms with Crippen LogP contribution in [-0.2, 0) is 4.79 Å². The number of nitrogens with zero attached hydrogens (tertiary/aromatic N) is 1. The van der Waals surface area contributed by atoms with E-state index in [0.29, 0.717) is 43.0 Å². The number of ether oxygens (including phenoxy) is 2. The fourth-order valence-corrected chi connectivity index (χ4v) is 3.10. The summed E-state index contributed by atoms with van der Waals surface area (Å²) in [6, 6.07) is 7.93. The van der Waals surface area contributed by atoms with Gasteiger partial charge in [-0.15, -0.1) is 24.0 Å². The van der Waals surface area contributed by atoms with Crippen molar-refractivity contribution < 1.29 is 14.3 Å². The maximum absolute atomic E-state index is 12.0. The molecule has 0 radical (unpaired) electrons. The first-order valence-corrected chi connectivity index (χ1v) is 9.66. The molecule has 0 aromatic heterocycles. The molecular formula is C20H33IN4O3. The Balaban J connectivity index is 0.00000392. The van der Waals surface area contributed by atoms with Gasteiger partial charge >= 0.3 is 0 Å². The molecule has 158 valence electrons. The lowest BCUT2D eigenvalue weighted by molar-refractivity contribution is -0.121. The summed E-state index contributed by atoms with van der Waals surface area (Å²) in [4.78, 5) is 16.1. The molecule has 1 aromatic rings. The average molecular weight is 504 g/mol. The highest BCUT2D eigenvalue weighted by molar-refractivity contribution is 14.0. The number of carbonyl (C=O) groups is 1. The summed E-state index contributed by atoms with van der Waals surface area (Å²) in [5.41, 5.74) is 0. The number of amides is 1. The monoisotopic (exact) mass is 504 g/mol. The third kappa shape index (κ3) is 8.53. The standard InChI is InChI=1S/C20H32N4O3.HI/c1-15(27-18-11-7-6-10-17(18)26-3)14-23-20(21-2)22-13-12-19(25)24-16-8-4-5-9-16;/h6-7,10-11,15-16H,4-5,8-9,12-14H2,1-3H3,(H,24,25)(H2,21,22,23);1H. The van der Waals surface area contributed by atoms with Crippen LogP contribution < -0.4 is 25.4 Å². The van der Waals surface area contributed by atoms with E-state index in [4.69, 9.17) is 9.47 Å². The summed E-state index contributed by atoms with van der Waals surface area (Å²) in [7, 11) is 3.33. The van der Waals surface area contributed by atoms with E-state index in [-0.39, 0.29) is 36.0 Å². The molecule has 1 amide bonds. The van der Waals surface area contributed by atoms with Gasteiger partial charge in [0.05, 0.1) is 13.7 Å². The molecule has 0 bridgehead atoms. The molecule has 0 aliphatic heterocycles. The molecule has 1 unspecified atom stereocenters. The Hall–Kier alpha value is -1.71. The van der Waals surface area contributed by atoms with Gasteiger partial charge in [-0.3, -0.25) is 9.79 Å². The summed E-state index contributed by atoms with van der Waals surface area (Å²) < 4.78 is 11.2. The zero-order valence-electron chi connectivity index (χ0n) is 17.0. The van der Waals surface area contributed by atoms with Crippen LogP contribution in [0, 0.1) is 0 Å². The van der Waals surface area contributed by atoms with Gasteiger partial charge in [0.1, 0.15) is 6.10 Å². The van der Waals surface area contributed by atoms with Crippen molar-refractivity contribution in [3.05, 3.63) is 24.3 Å². The Labute approximate surface area is 185 Å². The molecule has 0 spiro atoms. The maximum Gasteiger partial charge on any atom is 0.221 e. The molecule has 1 saturated carbocycles. The first-order valence-electron chi connectivity index (χ1n) is 9.66. The quantitative estimate of drug-likeness (QED) is 0.274. The van der Waals surface area contributed by atoms with Crippen molar-refractivity contribution in [2.75, 3.05) is 27.2 Å². The number of carbonyl (C=O) groups excluding carboxylic acids is 1. The normalized spacial score (nSPS) is 15.3. The molecule has 0 saturated heterocycles. The van der Waals surface area contributed by atoms with Crippen molar-refractivity contribution >= 4 is 35.8 Å². The minimum Gasteiger partial charge on any atom is -0.493 e. The van der Waals surface area contributed by atoms with Gasteiger partial charge in [-0.25, -0.2) is 0 Å². The number of hydrogen-bond acceptors (Lipinski definition) is 4. The maximum atomic E-state index is 12.0. The number of para-hydroxylation sites is 2. The molecule has 1 aliphatic carbocycles. The predicted molar refractivity (Wildman–Crippen MR) is 123 cm³/mol. The van der Waals surface area contributed by atoms with Crippen LogP contribution in [0.3, 0.4) is 0 Å². The minimum atomic E-state index is -0.0782. The molecule has 7 nitrogen and oxygen atoms in total. The van der Waals surface area contributed by atoms with Crippen LogP contribution in [-0.4, -0.2) is 51.3 Å². The van der Waals surface area contributed by atoms with Crippen LogP contribution >= 0.6 is 24.0 Å². The van der Waals surface area contributed by atoms with Crippen LogP contribution in [0.1, 0.15) is 39.0 Å². The predicted octanol–water partition coefficient (Wildman–Crippen LogP) is 2.69. The van der Waals surface area contributed by atoms with Crippen molar-refractivity contribution in [1.82, 2.24) is 16.0 Å². The van der Waals surface area contributed by atoms with E-state index in [2.05, 4.69) is 20.9 Å². The highest BCUT2D eigenvalue weighted by Crippen LogP contribution is 2.26. The smallest absolute Gasteiger partial charge is 0.221 e. The number of guanidine groups is 1. The van der Waals surface area contributed by atoms with Crippen LogP contribution in [0.5, 0.6) is 11.5 Å². The molecule has 28 heavy (non-hydrogen) atoms. The molecule has 8 heteroatoms. The van der Waals surface area contributed by atoms with Gasteiger partial charge < -0.3 is 25.4 Å². The summed E-state index contributed by atoms with van der Waals surface area (Å²) in [6.45, 7) is 3.09. The van der Waals surface area contributed by atoms with Crippen molar-refractivity contribution in [2.24, 2.45) is 4.99 Å². The lowest BCUT2D eigenvalue weighted by atomic mass is 10.2. The lowest BCUT2D eigenvalue weighted by Crippen LogP contribution is -2.43. The van der Waals surface area contributed by atoms with Gasteiger partial charge in [-0.2, -0.15) is 0 Å². The van der Waals surface area contributed by atoms with Gasteiger partial charge in [-0.05, 0) is 31.9 Å². The van der Waals surface area contributed by atoms with Crippen LogP contribution in [0.25, 0.3) is 0 Å². The van der Waals surface area contributed by atoms with Crippen molar-refractivity contribution in [3.8, 4) is 11.5 Å². The molecule has 0 heterocycles. The van der Waals surface area contributed by atoms with Gasteiger partial charge in [-0.1, -0.05) is 25.0 Å². The first-order chi connectivity index (χ1) is 13.1. The van der Waals surface area contributed by atoms with Crippen molar-refractivity contribution in [2.45, 2.75) is 51.2 Å². The third-order valence-electron chi connectivity index (χ3n) is 4.54. The number of benzene rings is 1. The number of nitrogens with one attached hydrogen (secondary N) is 3. The third-order valence-corrected chi connectivity index (χ3v) is 4.54. The molecule has 2 rings (SSSR count). The van der Waals surface area contributed by atoms with Crippen molar-refractivity contribution in [3.63, 3.8) is 0 Å². The van der Waals surface area contributed by atoms with Crippen LogP contribution in [0.15, 0.2) is 29.3 Å². The molecule has 1 atom stereocenters. The Bertz CT molecular complexity index is 621. The van der Waals surface area contributed by atoms with Gasteiger partial charge in [0.15, 0.2) is 17.5 Å². The van der Waals surface area contributed by atoms with Crippen molar-refractivity contribution in [1.29, 1.82) is 0 Å². The van der Waals surface area contributed by atoms with Gasteiger partial charge in [0.25, 0.3) is 0 Å². The summed E-state index contributed by atoms with van der Waals surface area (Å²) >= 11 is 0. The highest BCUT2D eigenvalue weighted by atomic mass is 127. The molecule has 3 N–H and O–H groups in total. The fraction of sp³-hybridized carbons (Fsp3) is 0.600. The zero-order chi connectivity index (χ0) is 19.5. The minimum absolute atomic E-state index is 0. The second-order valence-corrected chi connectivity index (χ2v) is 6.76. The summed E-state index contributed by atoms with van der Waals surface area (Å²) in [5, 5.41) is 9.47. The second kappa shape index (κ2) is 13.5. The van der Waals surface area contributed by atoms with E-state index < -0.39 is 0 Å². The largest absolute Gasteiger partial charge is 0.493 e. The molecule has 1 aliphatic rings. The number of rotatable bonds is 9. The van der Waals surface area contributed by atoms with Crippen LogP contribution in [0.4, 0.5) is 0 Å². The zero-order valence-corrected chi connectivity index (χ0v) is 19.3. The van der Waals surface area contributed by atoms with E-state index in [9.17, 15) is 4.79 Å². The van der Waals surface area contributed by atoms with Gasteiger partial charge in [0.2, 0.25) is 5.91 Å². The lowest BCUT2D eigenvalue weighted by Gasteiger charge is -2.19. The first kappa shape index (κ1) is 24.3. The second-order valence-electron chi connectivity index (χ2n) is 6.76.